The maximum atomic E-state index is 12.7. The fourth-order valence-electron chi connectivity index (χ4n) is 8.15. The van der Waals surface area contributed by atoms with E-state index in [9.17, 15) is 24.9 Å². The second-order valence-electron chi connectivity index (χ2n) is 11.0. The van der Waals surface area contributed by atoms with E-state index in [0.717, 1.165) is 6.42 Å². The van der Waals surface area contributed by atoms with E-state index in [1.807, 2.05) is 6.92 Å². The fraction of sp³-hybridized carbons (Fsp3) is 0.833. The molecule has 4 aliphatic rings. The summed E-state index contributed by atoms with van der Waals surface area (Å²) in [6.07, 6.45) is 2.46. The van der Waals surface area contributed by atoms with Crippen molar-refractivity contribution < 1.29 is 29.6 Å². The highest BCUT2D eigenvalue weighted by atomic mass is 35.5. The van der Waals surface area contributed by atoms with Crippen LogP contribution in [0.3, 0.4) is 0 Å². The number of ketones is 1. The highest BCUT2D eigenvalue weighted by molar-refractivity contribution is 6.29. The third-order valence-corrected chi connectivity index (χ3v) is 10.1. The van der Waals surface area contributed by atoms with E-state index < -0.39 is 40.0 Å². The number of fused-ring (bicyclic) bond motifs is 5. The number of alkyl halides is 1. The van der Waals surface area contributed by atoms with Crippen molar-refractivity contribution in [3.63, 3.8) is 0 Å². The first-order valence-electron chi connectivity index (χ1n) is 11.4. The zero-order valence-electron chi connectivity index (χ0n) is 18.7. The predicted octanol–water partition coefficient (Wildman–Crippen LogP) is 2.75. The van der Waals surface area contributed by atoms with Gasteiger partial charge in [-0.1, -0.05) is 20.4 Å². The molecule has 0 aliphatic heterocycles. The summed E-state index contributed by atoms with van der Waals surface area (Å²) in [6, 6.07) is 0. The third-order valence-electron chi connectivity index (χ3n) is 9.87. The van der Waals surface area contributed by atoms with Crippen LogP contribution in [0, 0.1) is 28.6 Å². The normalized spacial score (nSPS) is 51.5. The van der Waals surface area contributed by atoms with Crippen LogP contribution in [0.25, 0.3) is 0 Å². The Hall–Kier alpha value is -0.950. The van der Waals surface area contributed by atoms with Crippen molar-refractivity contribution in [2.45, 2.75) is 89.1 Å². The average molecular weight is 455 g/mol. The molecule has 9 atom stereocenters. The zero-order valence-corrected chi connectivity index (χ0v) is 19.5. The number of Topliss-reactive ketones (excluding diaryl/α,β-unsaturated/α-hetero) is 1. The van der Waals surface area contributed by atoms with Gasteiger partial charge in [0.2, 0.25) is 0 Å². The molecule has 4 rings (SSSR count). The molecule has 6 nitrogen and oxygen atoms in total. The van der Waals surface area contributed by atoms with E-state index in [1.165, 1.54) is 6.92 Å². The van der Waals surface area contributed by atoms with Gasteiger partial charge in [0.1, 0.15) is 6.10 Å². The minimum absolute atomic E-state index is 0.0156. The van der Waals surface area contributed by atoms with E-state index in [0.29, 0.717) is 37.7 Å². The molecule has 4 saturated carbocycles. The molecular weight excluding hydrogens is 420 g/mol. The van der Waals surface area contributed by atoms with Gasteiger partial charge in [0, 0.05) is 24.2 Å². The number of esters is 1. The van der Waals surface area contributed by atoms with Crippen LogP contribution in [-0.4, -0.2) is 56.4 Å². The Balaban J connectivity index is 1.68. The predicted molar refractivity (Wildman–Crippen MR) is 115 cm³/mol. The zero-order chi connectivity index (χ0) is 23.0. The lowest BCUT2D eigenvalue weighted by Crippen LogP contribution is -2.69. The van der Waals surface area contributed by atoms with Crippen LogP contribution in [-0.2, 0) is 14.3 Å². The molecule has 0 aromatic carbocycles. The minimum atomic E-state index is -1.64. The van der Waals surface area contributed by atoms with Gasteiger partial charge in [-0.05, 0) is 61.9 Å². The molecule has 0 bridgehead atoms. The lowest BCUT2D eigenvalue weighted by atomic mass is 9.42. The number of carbonyl (C=O) groups excluding carboxylic acids is 2. The molecule has 4 aliphatic carbocycles. The summed E-state index contributed by atoms with van der Waals surface area (Å²) in [5.74, 6) is -0.858. The van der Waals surface area contributed by atoms with Crippen LogP contribution >= 0.6 is 11.6 Å². The third kappa shape index (κ3) is 2.87. The Morgan fingerprint density at radius 3 is 2.42 bits per heavy atom. The maximum Gasteiger partial charge on any atom is 0.302 e. The van der Waals surface area contributed by atoms with Crippen LogP contribution < -0.4 is 0 Å². The van der Waals surface area contributed by atoms with Crippen molar-refractivity contribution in [2.75, 3.05) is 5.88 Å². The molecule has 0 amide bonds. The Morgan fingerprint density at radius 1 is 1.16 bits per heavy atom. The van der Waals surface area contributed by atoms with Gasteiger partial charge >= 0.3 is 5.97 Å². The van der Waals surface area contributed by atoms with Gasteiger partial charge in [0.25, 0.3) is 0 Å². The Kier molecular flexibility index (Phi) is 5.45. The number of carbonyl (C=O) groups is 2. The van der Waals surface area contributed by atoms with Crippen LogP contribution in [0.4, 0.5) is 0 Å². The number of halogens is 1. The van der Waals surface area contributed by atoms with E-state index >= 15 is 0 Å². The van der Waals surface area contributed by atoms with Gasteiger partial charge in [-0.2, -0.15) is 0 Å². The summed E-state index contributed by atoms with van der Waals surface area (Å²) in [5, 5.41) is 34.5. The maximum absolute atomic E-state index is 12.7. The molecule has 4 fully saturated rings. The molecule has 3 N–H and O–H groups in total. The molecule has 174 valence electrons. The van der Waals surface area contributed by atoms with E-state index in [1.54, 1.807) is 0 Å². The number of rotatable bonds is 3. The van der Waals surface area contributed by atoms with Crippen molar-refractivity contribution >= 4 is 23.4 Å². The number of ether oxygens (including phenoxy) is 1. The van der Waals surface area contributed by atoms with Gasteiger partial charge in [-0.15, -0.1) is 11.6 Å². The van der Waals surface area contributed by atoms with Crippen molar-refractivity contribution in [1.82, 2.24) is 0 Å². The van der Waals surface area contributed by atoms with Gasteiger partial charge in [-0.25, -0.2) is 0 Å². The first-order chi connectivity index (χ1) is 14.3. The lowest BCUT2D eigenvalue weighted by molar-refractivity contribution is -0.268. The number of aliphatic hydroxyl groups excluding tert-OH is 1. The Bertz CT molecular complexity index is 814. The van der Waals surface area contributed by atoms with Crippen molar-refractivity contribution in [1.29, 1.82) is 0 Å². The molecule has 0 saturated heterocycles. The lowest BCUT2D eigenvalue weighted by Gasteiger charge is -2.65. The number of hydrogen-bond donors (Lipinski definition) is 3. The van der Waals surface area contributed by atoms with E-state index in [2.05, 4.69) is 13.5 Å². The number of aliphatic hydroxyl groups is 3. The molecule has 7 heteroatoms. The van der Waals surface area contributed by atoms with Gasteiger partial charge < -0.3 is 20.1 Å². The number of hydrogen-bond acceptors (Lipinski definition) is 6. The van der Waals surface area contributed by atoms with Crippen molar-refractivity contribution in [2.24, 2.45) is 28.6 Å². The SMILES string of the molecule is C=C1C[C@H]2[C@@H]3CC(O)C4(O)CC(OC(C)=O)CC[C@]4(C)[C@H]3CC[C@]2(C)[C@@]1(O)C(=O)CCl. The van der Waals surface area contributed by atoms with Gasteiger partial charge in [0.05, 0.1) is 17.6 Å². The van der Waals surface area contributed by atoms with E-state index in [-0.39, 0.29) is 36.0 Å². The summed E-state index contributed by atoms with van der Waals surface area (Å²) < 4.78 is 5.40. The molecule has 3 unspecified atom stereocenters. The molecular formula is C24H35ClO6. The quantitative estimate of drug-likeness (QED) is 0.344. The fourth-order valence-corrected chi connectivity index (χ4v) is 8.35. The summed E-state index contributed by atoms with van der Waals surface area (Å²) in [6.45, 7) is 9.44. The summed E-state index contributed by atoms with van der Waals surface area (Å²) in [7, 11) is 0. The minimum Gasteiger partial charge on any atom is -0.462 e. The molecule has 0 radical (unpaired) electrons. The summed E-state index contributed by atoms with van der Waals surface area (Å²) in [4.78, 5) is 24.2. The van der Waals surface area contributed by atoms with Crippen LogP contribution in [0.1, 0.15) is 65.7 Å². The Labute approximate surface area is 189 Å². The first kappa shape index (κ1) is 23.2. The average Bonchev–Trinajstić information content (AvgIpc) is 2.91. The van der Waals surface area contributed by atoms with Crippen LogP contribution in [0.15, 0.2) is 12.2 Å². The molecule has 0 aromatic heterocycles. The molecule has 0 spiro atoms. The molecule has 0 heterocycles. The first-order valence-corrected chi connectivity index (χ1v) is 12.0. The highest BCUT2D eigenvalue weighted by Crippen LogP contribution is 2.70. The molecule has 0 aromatic rings. The highest BCUT2D eigenvalue weighted by Gasteiger charge is 2.71. The molecule has 31 heavy (non-hydrogen) atoms. The monoisotopic (exact) mass is 454 g/mol. The summed E-state index contributed by atoms with van der Waals surface area (Å²) in [5.41, 5.74) is -3.68. The van der Waals surface area contributed by atoms with Crippen LogP contribution in [0.2, 0.25) is 0 Å². The largest absolute Gasteiger partial charge is 0.462 e. The summed E-state index contributed by atoms with van der Waals surface area (Å²) >= 11 is 5.86. The smallest absolute Gasteiger partial charge is 0.302 e. The second-order valence-corrected chi connectivity index (χ2v) is 11.2. The van der Waals surface area contributed by atoms with E-state index in [4.69, 9.17) is 16.3 Å². The van der Waals surface area contributed by atoms with Gasteiger partial charge in [0.15, 0.2) is 11.4 Å². The second kappa shape index (κ2) is 7.28. The topological polar surface area (TPSA) is 104 Å². The van der Waals surface area contributed by atoms with Crippen LogP contribution in [0.5, 0.6) is 0 Å². The van der Waals surface area contributed by atoms with Crippen molar-refractivity contribution in [3.8, 4) is 0 Å². The van der Waals surface area contributed by atoms with Crippen molar-refractivity contribution in [3.05, 3.63) is 12.2 Å². The van der Waals surface area contributed by atoms with Gasteiger partial charge in [-0.3, -0.25) is 9.59 Å². The standard InChI is InChI=1S/C24H35ClO6/c1-13-9-18-16-10-19(27)23(29)11-15(31-14(2)26)5-7-21(23,3)17(16)6-8-22(18,4)24(13,30)20(28)12-25/h15-19,27,29-30H,1,5-12H2,2-4H3/t15?,16-,17+,18+,19?,21-,22+,23?,24+/m1/s1. The Morgan fingerprint density at radius 2 is 1.81 bits per heavy atom.